The number of carbonyl (C=O) groups is 1. The van der Waals surface area contributed by atoms with Crippen LogP contribution in [0, 0.1) is 5.82 Å². The van der Waals surface area contributed by atoms with E-state index in [4.69, 9.17) is 4.74 Å². The molecule has 2 aromatic carbocycles. The lowest BCUT2D eigenvalue weighted by atomic mass is 10.0. The van der Waals surface area contributed by atoms with E-state index in [9.17, 15) is 9.18 Å². The Bertz CT molecular complexity index is 751. The maximum atomic E-state index is 13.9. The van der Waals surface area contributed by atoms with Crippen LogP contribution in [-0.2, 0) is 16.0 Å². The molecule has 2 aromatic rings. The molecule has 1 heterocycles. The van der Waals surface area contributed by atoms with E-state index in [0.717, 1.165) is 13.1 Å². The molecule has 1 N–H and O–H groups in total. The third-order valence-corrected chi connectivity index (χ3v) is 5.29. The van der Waals surface area contributed by atoms with Crippen molar-refractivity contribution in [3.63, 3.8) is 0 Å². The molecule has 1 unspecified atom stereocenters. The van der Waals surface area contributed by atoms with E-state index in [1.54, 1.807) is 12.1 Å². The van der Waals surface area contributed by atoms with Gasteiger partial charge in [-0.15, -0.1) is 0 Å². The van der Waals surface area contributed by atoms with Gasteiger partial charge in [-0.3, -0.25) is 9.69 Å². The number of halogens is 2. The molecule has 0 aromatic heterocycles. The van der Waals surface area contributed by atoms with E-state index < -0.39 is 0 Å². The maximum Gasteiger partial charge on any atom is 0.220 e. The van der Waals surface area contributed by atoms with Gasteiger partial charge >= 0.3 is 0 Å². The van der Waals surface area contributed by atoms with Gasteiger partial charge in [-0.05, 0) is 29.7 Å². The minimum atomic E-state index is -0.285. The Morgan fingerprint density at radius 1 is 1.19 bits per heavy atom. The van der Waals surface area contributed by atoms with E-state index in [-0.39, 0.29) is 24.2 Å². The predicted octanol–water partition coefficient (Wildman–Crippen LogP) is 3.71. The highest BCUT2D eigenvalue weighted by molar-refractivity contribution is 9.10. The predicted molar refractivity (Wildman–Crippen MR) is 107 cm³/mol. The summed E-state index contributed by atoms with van der Waals surface area (Å²) >= 11 is 3.24. The summed E-state index contributed by atoms with van der Waals surface area (Å²) in [5.41, 5.74) is 1.74. The number of hydrogen-bond acceptors (Lipinski definition) is 3. The zero-order valence-corrected chi connectivity index (χ0v) is 16.8. The second-order valence-corrected chi connectivity index (χ2v) is 7.53. The first-order valence-electron chi connectivity index (χ1n) is 9.21. The topological polar surface area (TPSA) is 41.6 Å². The molecule has 0 saturated carbocycles. The first-order valence-corrected chi connectivity index (χ1v) is 10.00. The Hall–Kier alpha value is -1.76. The Kier molecular flexibility index (Phi) is 7.38. The number of hydrogen-bond donors (Lipinski definition) is 1. The summed E-state index contributed by atoms with van der Waals surface area (Å²) in [6.07, 6.45) is 0.654. The van der Waals surface area contributed by atoms with E-state index >= 15 is 0 Å². The summed E-state index contributed by atoms with van der Waals surface area (Å²) in [7, 11) is 0. The monoisotopic (exact) mass is 434 g/mol. The third-order valence-electron chi connectivity index (χ3n) is 4.80. The highest BCUT2D eigenvalue weighted by Gasteiger charge is 2.23. The molecule has 0 bridgehead atoms. The van der Waals surface area contributed by atoms with Crippen molar-refractivity contribution in [2.24, 2.45) is 0 Å². The Labute approximate surface area is 167 Å². The highest BCUT2D eigenvalue weighted by atomic mass is 79.9. The zero-order chi connectivity index (χ0) is 19.1. The molecule has 1 saturated heterocycles. The van der Waals surface area contributed by atoms with Crippen LogP contribution in [0.15, 0.2) is 53.0 Å². The summed E-state index contributed by atoms with van der Waals surface area (Å²) < 4.78 is 20.0. The Balaban J connectivity index is 1.56. The van der Waals surface area contributed by atoms with Gasteiger partial charge in [0.2, 0.25) is 5.91 Å². The van der Waals surface area contributed by atoms with Crippen LogP contribution in [-0.4, -0.2) is 43.7 Å². The van der Waals surface area contributed by atoms with Crippen molar-refractivity contribution in [2.75, 3.05) is 32.8 Å². The van der Waals surface area contributed by atoms with Gasteiger partial charge in [0.1, 0.15) is 5.82 Å². The van der Waals surface area contributed by atoms with Gasteiger partial charge in [-0.1, -0.05) is 52.3 Å². The molecule has 27 heavy (non-hydrogen) atoms. The molecule has 1 amide bonds. The first-order chi connectivity index (χ1) is 13.1. The van der Waals surface area contributed by atoms with Crippen LogP contribution in [0.2, 0.25) is 0 Å². The second kappa shape index (κ2) is 9.97. The molecule has 0 radical (unpaired) electrons. The van der Waals surface area contributed by atoms with Crippen molar-refractivity contribution >= 4 is 21.8 Å². The molecule has 0 spiro atoms. The van der Waals surface area contributed by atoms with Crippen molar-refractivity contribution in [3.8, 4) is 0 Å². The van der Waals surface area contributed by atoms with Crippen molar-refractivity contribution in [3.05, 3.63) is 69.9 Å². The number of carbonyl (C=O) groups excluding carboxylic acids is 1. The van der Waals surface area contributed by atoms with Gasteiger partial charge in [-0.2, -0.15) is 0 Å². The summed E-state index contributed by atoms with van der Waals surface area (Å²) in [4.78, 5) is 14.7. The number of nitrogens with zero attached hydrogens (tertiary/aromatic N) is 1. The van der Waals surface area contributed by atoms with Crippen LogP contribution in [0.4, 0.5) is 4.39 Å². The standard InChI is InChI=1S/C21H24BrFN2O2/c22-18-8-6-16(19(23)14-18)7-9-21(26)24-15-20(17-4-2-1-3-5-17)25-10-12-27-13-11-25/h1-6,8,14,20H,7,9-13,15H2,(H,24,26). The van der Waals surface area contributed by atoms with E-state index in [2.05, 4.69) is 38.3 Å². The molecular weight excluding hydrogens is 411 g/mol. The number of ether oxygens (including phenoxy) is 1. The minimum absolute atomic E-state index is 0.0634. The fourth-order valence-electron chi connectivity index (χ4n) is 3.29. The molecular formula is C21H24BrFN2O2. The van der Waals surface area contributed by atoms with Gasteiger partial charge in [0.05, 0.1) is 19.3 Å². The number of nitrogens with one attached hydrogen (secondary N) is 1. The zero-order valence-electron chi connectivity index (χ0n) is 15.2. The van der Waals surface area contributed by atoms with Crippen LogP contribution in [0.5, 0.6) is 0 Å². The molecule has 1 aliphatic rings. The quantitative estimate of drug-likeness (QED) is 0.721. The van der Waals surface area contributed by atoms with E-state index in [0.29, 0.717) is 36.2 Å². The summed E-state index contributed by atoms with van der Waals surface area (Å²) in [6.45, 7) is 3.64. The largest absolute Gasteiger partial charge is 0.379 e. The number of benzene rings is 2. The number of morpholine rings is 1. The smallest absolute Gasteiger partial charge is 0.220 e. The number of aryl methyl sites for hydroxylation is 1. The SMILES string of the molecule is O=C(CCc1ccc(Br)cc1F)NCC(c1ccccc1)N1CCOCC1. The van der Waals surface area contributed by atoms with E-state index in [1.165, 1.54) is 11.6 Å². The lowest BCUT2D eigenvalue weighted by Gasteiger charge is -2.35. The maximum absolute atomic E-state index is 13.9. The van der Waals surface area contributed by atoms with Crippen LogP contribution in [0.1, 0.15) is 23.6 Å². The number of rotatable bonds is 7. The average Bonchev–Trinajstić information content (AvgIpc) is 2.69. The van der Waals surface area contributed by atoms with Crippen LogP contribution in [0.3, 0.4) is 0 Å². The molecule has 1 fully saturated rings. The minimum Gasteiger partial charge on any atom is -0.379 e. The fourth-order valence-corrected chi connectivity index (χ4v) is 3.63. The lowest BCUT2D eigenvalue weighted by Crippen LogP contribution is -2.43. The highest BCUT2D eigenvalue weighted by Crippen LogP contribution is 2.21. The van der Waals surface area contributed by atoms with Crippen LogP contribution >= 0.6 is 15.9 Å². The lowest BCUT2D eigenvalue weighted by molar-refractivity contribution is -0.121. The van der Waals surface area contributed by atoms with Gasteiger partial charge in [0.25, 0.3) is 0 Å². The molecule has 0 aliphatic carbocycles. The molecule has 1 atom stereocenters. The van der Waals surface area contributed by atoms with Gasteiger partial charge in [-0.25, -0.2) is 4.39 Å². The van der Waals surface area contributed by atoms with Gasteiger partial charge in [0, 0.05) is 30.5 Å². The fraction of sp³-hybridized carbons (Fsp3) is 0.381. The summed E-state index contributed by atoms with van der Waals surface area (Å²) in [5.74, 6) is -0.348. The Morgan fingerprint density at radius 2 is 1.93 bits per heavy atom. The van der Waals surface area contributed by atoms with Gasteiger partial charge < -0.3 is 10.1 Å². The van der Waals surface area contributed by atoms with Crippen molar-refractivity contribution in [1.82, 2.24) is 10.2 Å². The van der Waals surface area contributed by atoms with Crippen molar-refractivity contribution < 1.29 is 13.9 Å². The van der Waals surface area contributed by atoms with Crippen LogP contribution in [0.25, 0.3) is 0 Å². The van der Waals surface area contributed by atoms with Gasteiger partial charge in [0.15, 0.2) is 0 Å². The number of amides is 1. The Morgan fingerprint density at radius 3 is 2.63 bits per heavy atom. The van der Waals surface area contributed by atoms with Crippen LogP contribution < -0.4 is 5.32 Å². The first kappa shape index (κ1) is 20.0. The molecule has 3 rings (SSSR count). The second-order valence-electron chi connectivity index (χ2n) is 6.61. The van der Waals surface area contributed by atoms with Crippen molar-refractivity contribution in [2.45, 2.75) is 18.9 Å². The average molecular weight is 435 g/mol. The molecule has 6 heteroatoms. The summed E-state index contributed by atoms with van der Waals surface area (Å²) in [6, 6.07) is 15.2. The molecule has 4 nitrogen and oxygen atoms in total. The summed E-state index contributed by atoms with van der Waals surface area (Å²) in [5, 5.41) is 3.03. The molecule has 1 aliphatic heterocycles. The van der Waals surface area contributed by atoms with Crippen molar-refractivity contribution in [1.29, 1.82) is 0 Å². The normalized spacial score (nSPS) is 16.1. The van der Waals surface area contributed by atoms with E-state index in [1.807, 2.05) is 18.2 Å². The third kappa shape index (κ3) is 5.86. The molecule has 144 valence electrons.